The van der Waals surface area contributed by atoms with E-state index in [0.717, 1.165) is 18.5 Å². The van der Waals surface area contributed by atoms with Crippen LogP contribution in [0, 0.1) is 0 Å². The highest BCUT2D eigenvalue weighted by Gasteiger charge is 2.10. The van der Waals surface area contributed by atoms with Gasteiger partial charge in [0.25, 0.3) is 0 Å². The third-order valence-corrected chi connectivity index (χ3v) is 2.30. The number of alkyl halides is 2. The van der Waals surface area contributed by atoms with E-state index in [1.807, 2.05) is 6.08 Å². The quantitative estimate of drug-likeness (QED) is 0.573. The fourth-order valence-corrected chi connectivity index (χ4v) is 1.46. The van der Waals surface area contributed by atoms with E-state index < -0.39 is 6.61 Å². The van der Waals surface area contributed by atoms with Crippen LogP contribution in [0.2, 0.25) is 0 Å². The molecule has 100 valence electrons. The number of rotatable bonds is 8. The van der Waals surface area contributed by atoms with Crippen molar-refractivity contribution < 1.29 is 18.3 Å². The zero-order valence-electron chi connectivity index (χ0n) is 10.3. The van der Waals surface area contributed by atoms with Gasteiger partial charge in [0.2, 0.25) is 0 Å². The van der Waals surface area contributed by atoms with Crippen molar-refractivity contribution in [1.29, 1.82) is 0 Å². The summed E-state index contributed by atoms with van der Waals surface area (Å²) in [5, 5.41) is 3.17. The average Bonchev–Trinajstić information content (AvgIpc) is 2.34. The Morgan fingerprint density at radius 2 is 2.17 bits per heavy atom. The van der Waals surface area contributed by atoms with E-state index in [1.54, 1.807) is 18.2 Å². The second-order valence-corrected chi connectivity index (χ2v) is 3.62. The van der Waals surface area contributed by atoms with Crippen LogP contribution in [0.25, 0.3) is 0 Å². The second-order valence-electron chi connectivity index (χ2n) is 3.62. The minimum atomic E-state index is -2.86. The largest absolute Gasteiger partial charge is 0.493 e. The van der Waals surface area contributed by atoms with Crippen LogP contribution < -0.4 is 14.8 Å². The van der Waals surface area contributed by atoms with E-state index in [-0.39, 0.29) is 5.75 Å². The molecule has 0 spiro atoms. The molecule has 1 N–H and O–H groups in total. The van der Waals surface area contributed by atoms with Crippen molar-refractivity contribution in [2.45, 2.75) is 19.6 Å². The van der Waals surface area contributed by atoms with Gasteiger partial charge < -0.3 is 14.8 Å². The Kier molecular flexibility index (Phi) is 6.14. The smallest absolute Gasteiger partial charge is 0.387 e. The maximum atomic E-state index is 12.2. The number of ether oxygens (including phenoxy) is 2. The number of benzene rings is 1. The van der Waals surface area contributed by atoms with E-state index in [0.29, 0.717) is 12.3 Å². The Morgan fingerprint density at radius 1 is 1.39 bits per heavy atom. The molecule has 0 saturated heterocycles. The molecule has 0 aliphatic rings. The monoisotopic (exact) mass is 257 g/mol. The lowest BCUT2D eigenvalue weighted by atomic mass is 10.2. The first-order chi connectivity index (χ1) is 8.67. The SMILES string of the molecule is C=CCCNCc1ccc(OC)c(OC(F)F)c1. The highest BCUT2D eigenvalue weighted by Crippen LogP contribution is 2.29. The summed E-state index contributed by atoms with van der Waals surface area (Å²) < 4.78 is 33.8. The average molecular weight is 257 g/mol. The molecule has 1 rings (SSSR count). The zero-order chi connectivity index (χ0) is 13.4. The minimum Gasteiger partial charge on any atom is -0.493 e. The first kappa shape index (κ1) is 14.4. The van der Waals surface area contributed by atoms with Gasteiger partial charge in [-0.3, -0.25) is 0 Å². The topological polar surface area (TPSA) is 30.5 Å². The van der Waals surface area contributed by atoms with Crippen LogP contribution >= 0.6 is 0 Å². The minimum absolute atomic E-state index is 0.0514. The number of hydrogen-bond donors (Lipinski definition) is 1. The van der Waals surface area contributed by atoms with Crippen molar-refractivity contribution >= 4 is 0 Å². The van der Waals surface area contributed by atoms with Gasteiger partial charge in [-0.1, -0.05) is 12.1 Å². The summed E-state index contributed by atoms with van der Waals surface area (Å²) in [7, 11) is 1.41. The van der Waals surface area contributed by atoms with Crippen LogP contribution in [0.1, 0.15) is 12.0 Å². The van der Waals surface area contributed by atoms with Crippen LogP contribution in [0.5, 0.6) is 11.5 Å². The second kappa shape index (κ2) is 7.66. The van der Waals surface area contributed by atoms with Gasteiger partial charge in [-0.05, 0) is 30.7 Å². The van der Waals surface area contributed by atoms with E-state index >= 15 is 0 Å². The molecule has 3 nitrogen and oxygen atoms in total. The van der Waals surface area contributed by atoms with E-state index in [9.17, 15) is 8.78 Å². The van der Waals surface area contributed by atoms with Gasteiger partial charge in [0.05, 0.1) is 7.11 Å². The van der Waals surface area contributed by atoms with Gasteiger partial charge in [-0.15, -0.1) is 6.58 Å². The number of hydrogen-bond acceptors (Lipinski definition) is 3. The standard InChI is InChI=1S/C13H17F2NO2/c1-3-4-7-16-9-10-5-6-11(17-2)12(8-10)18-13(14)15/h3,5-6,8,13,16H,1,4,7,9H2,2H3. The predicted octanol–water partition coefficient (Wildman–Crippen LogP) is 2.96. The third kappa shape index (κ3) is 4.71. The normalized spacial score (nSPS) is 10.4. The first-order valence-electron chi connectivity index (χ1n) is 5.60. The summed E-state index contributed by atoms with van der Waals surface area (Å²) >= 11 is 0. The molecule has 0 aromatic heterocycles. The van der Waals surface area contributed by atoms with Crippen LogP contribution in [0.4, 0.5) is 8.78 Å². The van der Waals surface area contributed by atoms with Crippen LogP contribution in [-0.4, -0.2) is 20.3 Å². The summed E-state index contributed by atoms with van der Waals surface area (Å²) in [6.07, 6.45) is 2.67. The fraction of sp³-hybridized carbons (Fsp3) is 0.385. The molecule has 0 radical (unpaired) electrons. The number of halogens is 2. The molecular weight excluding hydrogens is 240 g/mol. The van der Waals surface area contributed by atoms with Gasteiger partial charge in [0.1, 0.15) is 0 Å². The molecule has 0 fully saturated rings. The predicted molar refractivity (Wildman–Crippen MR) is 66.1 cm³/mol. The summed E-state index contributed by atoms with van der Waals surface area (Å²) in [6, 6.07) is 4.96. The Labute approximate surface area is 105 Å². The lowest BCUT2D eigenvalue weighted by Gasteiger charge is -2.11. The maximum Gasteiger partial charge on any atom is 0.387 e. The molecule has 0 aliphatic heterocycles. The summed E-state index contributed by atoms with van der Waals surface area (Å²) in [6.45, 7) is 2.13. The van der Waals surface area contributed by atoms with E-state index in [2.05, 4.69) is 16.6 Å². The fourth-order valence-electron chi connectivity index (χ4n) is 1.46. The Balaban J connectivity index is 2.66. The van der Waals surface area contributed by atoms with Crippen molar-refractivity contribution in [2.75, 3.05) is 13.7 Å². The van der Waals surface area contributed by atoms with Gasteiger partial charge in [0.15, 0.2) is 11.5 Å². The van der Waals surface area contributed by atoms with Crippen LogP contribution in [0.15, 0.2) is 30.9 Å². The summed E-state index contributed by atoms with van der Waals surface area (Å²) in [5.74, 6) is 0.348. The molecule has 18 heavy (non-hydrogen) atoms. The lowest BCUT2D eigenvalue weighted by molar-refractivity contribution is -0.0512. The molecule has 1 aromatic rings. The van der Waals surface area contributed by atoms with E-state index in [1.165, 1.54) is 7.11 Å². The molecule has 0 aliphatic carbocycles. The third-order valence-electron chi connectivity index (χ3n) is 2.30. The Morgan fingerprint density at radius 3 is 2.78 bits per heavy atom. The summed E-state index contributed by atoms with van der Waals surface area (Å²) in [4.78, 5) is 0. The Hall–Kier alpha value is -1.62. The van der Waals surface area contributed by atoms with Gasteiger partial charge in [-0.25, -0.2) is 0 Å². The van der Waals surface area contributed by atoms with Gasteiger partial charge in [-0.2, -0.15) is 8.78 Å². The first-order valence-corrected chi connectivity index (χ1v) is 5.60. The highest BCUT2D eigenvalue weighted by molar-refractivity contribution is 5.42. The summed E-state index contributed by atoms with van der Waals surface area (Å²) in [5.41, 5.74) is 0.857. The molecule has 1 aromatic carbocycles. The number of nitrogens with one attached hydrogen (secondary N) is 1. The van der Waals surface area contributed by atoms with Gasteiger partial charge in [0, 0.05) is 6.54 Å². The van der Waals surface area contributed by atoms with E-state index in [4.69, 9.17) is 4.74 Å². The lowest BCUT2D eigenvalue weighted by Crippen LogP contribution is -2.14. The molecule has 0 heterocycles. The van der Waals surface area contributed by atoms with Crippen molar-refractivity contribution in [3.8, 4) is 11.5 Å². The molecule has 0 unspecified atom stereocenters. The molecule has 5 heteroatoms. The van der Waals surface area contributed by atoms with Crippen molar-refractivity contribution in [1.82, 2.24) is 5.32 Å². The zero-order valence-corrected chi connectivity index (χ0v) is 10.3. The van der Waals surface area contributed by atoms with Crippen molar-refractivity contribution in [3.05, 3.63) is 36.4 Å². The highest BCUT2D eigenvalue weighted by atomic mass is 19.3. The van der Waals surface area contributed by atoms with Crippen molar-refractivity contribution in [2.24, 2.45) is 0 Å². The van der Waals surface area contributed by atoms with Crippen LogP contribution in [0.3, 0.4) is 0 Å². The Bertz CT molecular complexity index is 383. The van der Waals surface area contributed by atoms with Crippen LogP contribution in [-0.2, 0) is 6.54 Å². The molecular formula is C13H17F2NO2. The molecule has 0 atom stereocenters. The number of methoxy groups -OCH3 is 1. The maximum absolute atomic E-state index is 12.2. The molecule has 0 bridgehead atoms. The molecule has 0 saturated carbocycles. The molecule has 0 amide bonds. The van der Waals surface area contributed by atoms with Gasteiger partial charge >= 0.3 is 6.61 Å². The van der Waals surface area contributed by atoms with Crippen molar-refractivity contribution in [3.63, 3.8) is 0 Å².